The Hall–Kier alpha value is -2.01. The van der Waals surface area contributed by atoms with Crippen molar-refractivity contribution in [2.45, 2.75) is 6.04 Å². The summed E-state index contributed by atoms with van der Waals surface area (Å²) in [6.45, 7) is -1.10. The van der Waals surface area contributed by atoms with E-state index in [4.69, 9.17) is 5.73 Å². The smallest absolute Gasteiger partial charge is 0.228 e. The topological polar surface area (TPSA) is 35.2 Å². The molecule has 0 aliphatic heterocycles. The van der Waals surface area contributed by atoms with E-state index in [1.807, 2.05) is 0 Å². The van der Waals surface area contributed by atoms with E-state index in [9.17, 15) is 13.2 Å². The van der Waals surface area contributed by atoms with Gasteiger partial charge in [-0.15, -0.1) is 0 Å². The van der Waals surface area contributed by atoms with Gasteiger partial charge in [0.2, 0.25) is 6.86 Å². The first-order valence-electron chi connectivity index (χ1n) is 5.61. The molecule has 5 heteroatoms. The Morgan fingerprint density at radius 2 is 1.79 bits per heavy atom. The third-order valence-corrected chi connectivity index (χ3v) is 2.73. The van der Waals surface area contributed by atoms with E-state index >= 15 is 0 Å². The molecule has 0 aliphatic rings. The van der Waals surface area contributed by atoms with Crippen LogP contribution < -0.4 is 10.5 Å². The second kappa shape index (κ2) is 5.75. The van der Waals surface area contributed by atoms with E-state index in [0.717, 1.165) is 6.07 Å². The summed E-state index contributed by atoms with van der Waals surface area (Å²) in [5.41, 5.74) is 6.91. The first-order chi connectivity index (χ1) is 9.11. The summed E-state index contributed by atoms with van der Waals surface area (Å²) in [5, 5.41) is 0. The number of ether oxygens (including phenoxy) is 1. The van der Waals surface area contributed by atoms with Crippen LogP contribution in [-0.2, 0) is 0 Å². The van der Waals surface area contributed by atoms with Crippen molar-refractivity contribution < 1.29 is 17.9 Å². The quantitative estimate of drug-likeness (QED) is 0.922. The Kier molecular flexibility index (Phi) is 4.06. The summed E-state index contributed by atoms with van der Waals surface area (Å²) >= 11 is 0. The Bertz CT molecular complexity index is 574. The lowest BCUT2D eigenvalue weighted by molar-refractivity contribution is 0.184. The third kappa shape index (κ3) is 3.06. The fraction of sp³-hybridized carbons (Fsp3) is 0.143. The molecule has 1 atom stereocenters. The monoisotopic (exact) mass is 267 g/mol. The average molecular weight is 267 g/mol. The molecule has 2 rings (SSSR count). The van der Waals surface area contributed by atoms with Crippen molar-refractivity contribution in [3.05, 3.63) is 65.2 Å². The highest BCUT2D eigenvalue weighted by Crippen LogP contribution is 2.25. The molecule has 0 saturated heterocycles. The van der Waals surface area contributed by atoms with Gasteiger partial charge in [-0.1, -0.05) is 18.2 Å². The largest absolute Gasteiger partial charge is 0.460 e. The minimum Gasteiger partial charge on any atom is -0.460 e. The van der Waals surface area contributed by atoms with Gasteiger partial charge in [0.15, 0.2) is 11.6 Å². The molecule has 0 fully saturated rings. The van der Waals surface area contributed by atoms with Crippen molar-refractivity contribution in [3.63, 3.8) is 0 Å². The van der Waals surface area contributed by atoms with Crippen LogP contribution in [0.3, 0.4) is 0 Å². The van der Waals surface area contributed by atoms with E-state index in [-0.39, 0.29) is 5.75 Å². The second-order valence-corrected chi connectivity index (χ2v) is 3.98. The van der Waals surface area contributed by atoms with Crippen molar-refractivity contribution >= 4 is 0 Å². The van der Waals surface area contributed by atoms with Gasteiger partial charge in [0.1, 0.15) is 5.82 Å². The first kappa shape index (κ1) is 13.4. The van der Waals surface area contributed by atoms with E-state index in [2.05, 4.69) is 4.74 Å². The minimum absolute atomic E-state index is 0.183. The second-order valence-electron chi connectivity index (χ2n) is 3.98. The van der Waals surface area contributed by atoms with Crippen LogP contribution in [0.5, 0.6) is 5.75 Å². The number of nitrogens with two attached hydrogens (primary N) is 1. The molecule has 1 unspecified atom stereocenters. The van der Waals surface area contributed by atoms with Crippen LogP contribution in [0.4, 0.5) is 13.2 Å². The summed E-state index contributed by atoms with van der Waals surface area (Å²) in [5.74, 6) is -1.30. The molecule has 0 spiro atoms. The third-order valence-electron chi connectivity index (χ3n) is 2.73. The number of hydrogen-bond acceptors (Lipinski definition) is 2. The molecule has 2 nitrogen and oxygen atoms in total. The summed E-state index contributed by atoms with van der Waals surface area (Å²) in [4.78, 5) is 0. The van der Waals surface area contributed by atoms with Crippen molar-refractivity contribution in [1.82, 2.24) is 0 Å². The van der Waals surface area contributed by atoms with Gasteiger partial charge in [0, 0.05) is 0 Å². The SMILES string of the molecule is NC(c1cccc(F)c1)c1ccc(OCF)c(F)c1. The highest BCUT2D eigenvalue weighted by Gasteiger charge is 2.12. The zero-order chi connectivity index (χ0) is 13.8. The van der Waals surface area contributed by atoms with Gasteiger partial charge >= 0.3 is 0 Å². The molecular formula is C14H12F3NO. The lowest BCUT2D eigenvalue weighted by atomic mass is 9.99. The van der Waals surface area contributed by atoms with Gasteiger partial charge in [-0.05, 0) is 35.4 Å². The van der Waals surface area contributed by atoms with Crippen LogP contribution in [0.1, 0.15) is 17.2 Å². The average Bonchev–Trinajstić information content (AvgIpc) is 2.40. The van der Waals surface area contributed by atoms with E-state index < -0.39 is 24.5 Å². The molecule has 0 heterocycles. The predicted molar refractivity (Wildman–Crippen MR) is 65.4 cm³/mol. The Balaban J connectivity index is 2.29. The molecule has 19 heavy (non-hydrogen) atoms. The lowest BCUT2D eigenvalue weighted by Gasteiger charge is -2.13. The molecule has 0 radical (unpaired) electrons. The molecule has 0 bridgehead atoms. The van der Waals surface area contributed by atoms with Crippen molar-refractivity contribution in [1.29, 1.82) is 0 Å². The van der Waals surface area contributed by atoms with Gasteiger partial charge in [0.25, 0.3) is 0 Å². The van der Waals surface area contributed by atoms with Crippen LogP contribution in [0.25, 0.3) is 0 Å². The number of halogens is 3. The number of benzene rings is 2. The van der Waals surface area contributed by atoms with Gasteiger partial charge < -0.3 is 10.5 Å². The van der Waals surface area contributed by atoms with Crippen LogP contribution in [-0.4, -0.2) is 6.86 Å². The van der Waals surface area contributed by atoms with Gasteiger partial charge in [-0.2, -0.15) is 0 Å². The lowest BCUT2D eigenvalue weighted by Crippen LogP contribution is -2.12. The van der Waals surface area contributed by atoms with E-state index in [1.54, 1.807) is 6.07 Å². The molecule has 0 aliphatic carbocycles. The van der Waals surface area contributed by atoms with E-state index in [0.29, 0.717) is 11.1 Å². The fourth-order valence-corrected chi connectivity index (χ4v) is 1.78. The predicted octanol–water partition coefficient (Wildman–Crippen LogP) is 3.32. The van der Waals surface area contributed by atoms with Crippen molar-refractivity contribution in [2.24, 2.45) is 5.73 Å². The number of alkyl halides is 1. The molecule has 0 aromatic heterocycles. The number of rotatable bonds is 4. The van der Waals surface area contributed by atoms with Crippen LogP contribution in [0.15, 0.2) is 42.5 Å². The maximum absolute atomic E-state index is 13.6. The Labute approximate surface area is 108 Å². The fourth-order valence-electron chi connectivity index (χ4n) is 1.78. The highest BCUT2D eigenvalue weighted by atomic mass is 19.1. The van der Waals surface area contributed by atoms with Crippen LogP contribution >= 0.6 is 0 Å². The zero-order valence-electron chi connectivity index (χ0n) is 9.95. The standard InChI is InChI=1S/C14H12F3NO/c15-8-19-13-5-4-10(7-12(13)17)14(18)9-2-1-3-11(16)6-9/h1-7,14H,8,18H2. The summed E-state index contributed by atoms with van der Waals surface area (Å²) in [6, 6.07) is 9.07. The maximum atomic E-state index is 13.6. The van der Waals surface area contributed by atoms with Gasteiger partial charge in [0.05, 0.1) is 6.04 Å². The Morgan fingerprint density at radius 3 is 2.42 bits per heavy atom. The molecule has 2 N–H and O–H groups in total. The zero-order valence-corrected chi connectivity index (χ0v) is 9.95. The van der Waals surface area contributed by atoms with Crippen molar-refractivity contribution in [2.75, 3.05) is 6.86 Å². The highest BCUT2D eigenvalue weighted by molar-refractivity contribution is 5.36. The normalized spacial score (nSPS) is 12.2. The van der Waals surface area contributed by atoms with Crippen molar-refractivity contribution in [3.8, 4) is 5.75 Å². The molecule has 100 valence electrons. The summed E-state index contributed by atoms with van der Waals surface area (Å²) < 4.78 is 43.1. The molecule has 0 amide bonds. The summed E-state index contributed by atoms with van der Waals surface area (Å²) in [7, 11) is 0. The number of hydrogen-bond donors (Lipinski definition) is 1. The summed E-state index contributed by atoms with van der Waals surface area (Å²) in [6.07, 6.45) is 0. The van der Waals surface area contributed by atoms with E-state index in [1.165, 1.54) is 30.3 Å². The van der Waals surface area contributed by atoms with Gasteiger partial charge in [-0.3, -0.25) is 0 Å². The Morgan fingerprint density at radius 1 is 1.05 bits per heavy atom. The first-order valence-corrected chi connectivity index (χ1v) is 5.61. The van der Waals surface area contributed by atoms with Gasteiger partial charge in [-0.25, -0.2) is 13.2 Å². The molecule has 0 saturated carbocycles. The minimum atomic E-state index is -1.10. The maximum Gasteiger partial charge on any atom is 0.228 e. The van der Waals surface area contributed by atoms with Crippen LogP contribution in [0, 0.1) is 11.6 Å². The van der Waals surface area contributed by atoms with Crippen LogP contribution in [0.2, 0.25) is 0 Å². The molecular weight excluding hydrogens is 255 g/mol. The molecule has 2 aromatic carbocycles. The molecule has 2 aromatic rings.